The van der Waals surface area contributed by atoms with Crippen LogP contribution in [0.5, 0.6) is 0 Å². The molecular weight excluding hydrogens is 293 g/mol. The molecule has 1 aliphatic rings. The molecule has 9 heteroatoms. The van der Waals surface area contributed by atoms with E-state index in [0.29, 0.717) is 16.3 Å². The van der Waals surface area contributed by atoms with Crippen molar-refractivity contribution >= 4 is 40.3 Å². The molecule has 0 bridgehead atoms. The van der Waals surface area contributed by atoms with E-state index in [2.05, 4.69) is 11.9 Å². The number of unbranched alkanes of at least 4 members (excludes halogenated alkanes) is 1. The van der Waals surface area contributed by atoms with Gasteiger partial charge in [0.2, 0.25) is 0 Å². The van der Waals surface area contributed by atoms with Gasteiger partial charge in [-0.2, -0.15) is 0 Å². The van der Waals surface area contributed by atoms with Gasteiger partial charge in [-0.25, -0.2) is 4.98 Å². The highest BCUT2D eigenvalue weighted by atomic mass is 32.1. The van der Waals surface area contributed by atoms with E-state index < -0.39 is 19.1 Å². The van der Waals surface area contributed by atoms with E-state index in [1.54, 1.807) is 11.9 Å². The molecule has 1 saturated heterocycles. The molecule has 0 spiro atoms. The van der Waals surface area contributed by atoms with Crippen LogP contribution in [-0.4, -0.2) is 49.1 Å². The number of thiazole rings is 1. The predicted molar refractivity (Wildman–Crippen MR) is 80.2 cm³/mol. The van der Waals surface area contributed by atoms with Gasteiger partial charge in [-0.15, -0.1) is 11.3 Å². The number of anilines is 1. The minimum Gasteiger partial charge on any atom is -0.494 e. The number of likely N-dealkylation sites (N-methyl/N-ethyl adjacent to an activating group) is 1. The summed E-state index contributed by atoms with van der Waals surface area (Å²) in [5.41, 5.74) is 6.47. The largest absolute Gasteiger partial charge is 0.649 e. The van der Waals surface area contributed by atoms with Crippen molar-refractivity contribution < 1.29 is 18.9 Å². The van der Waals surface area contributed by atoms with Gasteiger partial charge in [-0.1, -0.05) is 13.3 Å². The summed E-state index contributed by atoms with van der Waals surface area (Å²) in [6, 6.07) is 0. The molecule has 2 N–H and O–H groups in total. The minimum absolute atomic E-state index is 0.0458. The first-order valence-corrected chi connectivity index (χ1v) is 7.63. The molecule has 114 valence electrons. The number of aryl methyl sites for hydroxylation is 1. The summed E-state index contributed by atoms with van der Waals surface area (Å²) >= 11 is 1.19. The third-order valence-corrected chi connectivity index (χ3v) is 3.95. The van der Waals surface area contributed by atoms with Crippen molar-refractivity contribution in [1.82, 2.24) is 9.88 Å². The molecule has 0 amide bonds. The van der Waals surface area contributed by atoms with E-state index in [4.69, 9.17) is 15.0 Å². The zero-order chi connectivity index (χ0) is 15.4. The van der Waals surface area contributed by atoms with Crippen molar-refractivity contribution in [2.24, 2.45) is 0 Å². The number of hydrogen-bond donors (Lipinski definition) is 1. The molecule has 2 rings (SSSR count). The second-order valence-corrected chi connectivity index (χ2v) is 6.01. The van der Waals surface area contributed by atoms with Gasteiger partial charge < -0.3 is 15.0 Å². The fourth-order valence-corrected chi connectivity index (χ4v) is 2.87. The first kappa shape index (κ1) is 15.8. The standard InChI is InChI=1S/C12H18BN3O4S/c1-3-4-5-8-11(21-12(14)15-8)13-19-9(17)6-16(2)7-10(18)20-13/h3-7H2,1-2H3,(H2,14,15). The lowest BCUT2D eigenvalue weighted by atomic mass is 9.84. The van der Waals surface area contributed by atoms with Crippen molar-refractivity contribution in [3.8, 4) is 0 Å². The maximum absolute atomic E-state index is 11.8. The van der Waals surface area contributed by atoms with Crippen LogP contribution in [0, 0.1) is 0 Å². The summed E-state index contributed by atoms with van der Waals surface area (Å²) < 4.78 is 11.1. The Balaban J connectivity index is 2.22. The lowest BCUT2D eigenvalue weighted by molar-refractivity contribution is -0.145. The van der Waals surface area contributed by atoms with Crippen LogP contribution in [0.4, 0.5) is 5.13 Å². The van der Waals surface area contributed by atoms with Crippen LogP contribution in [0.2, 0.25) is 0 Å². The average Bonchev–Trinajstić information content (AvgIpc) is 2.74. The first-order chi connectivity index (χ1) is 9.99. The van der Waals surface area contributed by atoms with Gasteiger partial charge in [-0.3, -0.25) is 14.5 Å². The van der Waals surface area contributed by atoms with E-state index in [1.807, 2.05) is 0 Å². The quantitative estimate of drug-likeness (QED) is 0.769. The monoisotopic (exact) mass is 311 g/mol. The fraction of sp³-hybridized carbons (Fsp3) is 0.583. The maximum atomic E-state index is 11.8. The van der Waals surface area contributed by atoms with Gasteiger partial charge in [0.15, 0.2) is 5.13 Å². The lowest BCUT2D eigenvalue weighted by Gasteiger charge is -2.22. The number of carbonyl (C=O) groups excluding carboxylic acids is 2. The number of nitrogens with zero attached hydrogens (tertiary/aromatic N) is 2. The van der Waals surface area contributed by atoms with Crippen LogP contribution in [0.1, 0.15) is 25.5 Å². The molecule has 1 fully saturated rings. The highest BCUT2D eigenvalue weighted by Crippen LogP contribution is 2.15. The minimum atomic E-state index is -1.04. The molecule has 0 atom stereocenters. The molecular formula is C12H18BN3O4S. The normalized spacial score (nSPS) is 17.1. The Bertz CT molecular complexity index is 517. The summed E-state index contributed by atoms with van der Waals surface area (Å²) in [5.74, 6) is -0.883. The molecule has 1 aromatic rings. The van der Waals surface area contributed by atoms with Crippen molar-refractivity contribution in [3.63, 3.8) is 0 Å². The summed E-state index contributed by atoms with van der Waals surface area (Å²) in [6.45, 7) is 2.16. The van der Waals surface area contributed by atoms with Gasteiger partial charge in [0, 0.05) is 0 Å². The highest BCUT2D eigenvalue weighted by molar-refractivity contribution is 7.25. The topological polar surface area (TPSA) is 94.8 Å². The number of rotatable bonds is 4. The zero-order valence-corrected chi connectivity index (χ0v) is 12.9. The number of aromatic nitrogens is 1. The number of nitrogens with two attached hydrogens (primary N) is 1. The summed E-state index contributed by atoms with van der Waals surface area (Å²) in [6.07, 6.45) is 2.66. The molecule has 2 heterocycles. The molecule has 0 saturated carbocycles. The van der Waals surface area contributed by atoms with Crippen LogP contribution < -0.4 is 10.5 Å². The Morgan fingerprint density at radius 3 is 2.52 bits per heavy atom. The fourth-order valence-electron chi connectivity index (χ4n) is 2.03. The molecule has 7 nitrogen and oxygen atoms in total. The third-order valence-electron chi connectivity index (χ3n) is 3.00. The van der Waals surface area contributed by atoms with Crippen LogP contribution in [0.25, 0.3) is 0 Å². The van der Waals surface area contributed by atoms with Crippen LogP contribution in [-0.2, 0) is 25.3 Å². The Labute approximate surface area is 127 Å². The van der Waals surface area contributed by atoms with Crippen LogP contribution >= 0.6 is 11.3 Å². The van der Waals surface area contributed by atoms with Gasteiger partial charge in [0.25, 0.3) is 0 Å². The second kappa shape index (κ2) is 6.90. The lowest BCUT2D eigenvalue weighted by Crippen LogP contribution is -2.47. The highest BCUT2D eigenvalue weighted by Gasteiger charge is 2.37. The molecule has 21 heavy (non-hydrogen) atoms. The van der Waals surface area contributed by atoms with E-state index in [9.17, 15) is 9.59 Å². The van der Waals surface area contributed by atoms with E-state index in [-0.39, 0.29) is 13.1 Å². The Morgan fingerprint density at radius 1 is 1.33 bits per heavy atom. The van der Waals surface area contributed by atoms with Crippen molar-refractivity contribution in [1.29, 1.82) is 0 Å². The zero-order valence-electron chi connectivity index (χ0n) is 12.1. The Morgan fingerprint density at radius 2 is 1.95 bits per heavy atom. The molecule has 0 aliphatic carbocycles. The first-order valence-electron chi connectivity index (χ1n) is 6.82. The number of carbonyl (C=O) groups is 2. The molecule has 1 aliphatic heterocycles. The predicted octanol–water partition coefficient (Wildman–Crippen LogP) is -0.205. The Kier molecular flexibility index (Phi) is 5.19. The summed E-state index contributed by atoms with van der Waals surface area (Å²) in [4.78, 5) is 29.3. The van der Waals surface area contributed by atoms with Gasteiger partial charge in [0.05, 0.1) is 23.6 Å². The van der Waals surface area contributed by atoms with E-state index in [1.165, 1.54) is 11.3 Å². The van der Waals surface area contributed by atoms with E-state index in [0.717, 1.165) is 18.5 Å². The van der Waals surface area contributed by atoms with Gasteiger partial charge >= 0.3 is 19.1 Å². The maximum Gasteiger partial charge on any atom is 0.649 e. The SMILES string of the molecule is CCCCc1nc(N)sc1B1OC(=O)CN(C)CC(=O)O1. The van der Waals surface area contributed by atoms with E-state index >= 15 is 0 Å². The molecule has 0 radical (unpaired) electrons. The van der Waals surface area contributed by atoms with Crippen molar-refractivity contribution in [2.45, 2.75) is 26.2 Å². The van der Waals surface area contributed by atoms with Gasteiger partial charge in [0.1, 0.15) is 0 Å². The van der Waals surface area contributed by atoms with Crippen molar-refractivity contribution in [2.75, 3.05) is 25.9 Å². The third kappa shape index (κ3) is 4.18. The van der Waals surface area contributed by atoms with Crippen LogP contribution in [0.3, 0.4) is 0 Å². The Hall–Kier alpha value is -1.61. The average molecular weight is 311 g/mol. The smallest absolute Gasteiger partial charge is 0.494 e. The molecule has 1 aromatic heterocycles. The number of hydrogen-bond acceptors (Lipinski definition) is 8. The van der Waals surface area contributed by atoms with Crippen LogP contribution in [0.15, 0.2) is 0 Å². The summed E-state index contributed by atoms with van der Waals surface area (Å²) in [5, 5.41) is 0.377. The molecule has 0 unspecified atom stereocenters. The second-order valence-electron chi connectivity index (χ2n) is 4.95. The van der Waals surface area contributed by atoms with Gasteiger partial charge in [-0.05, 0) is 19.9 Å². The summed E-state index contributed by atoms with van der Waals surface area (Å²) in [7, 11) is 0.612. The van der Waals surface area contributed by atoms with Crippen molar-refractivity contribution in [3.05, 3.63) is 5.69 Å². The molecule has 0 aromatic carbocycles. The number of nitrogen functional groups attached to an aromatic ring is 1.